The molecule has 1 amide bonds. The molecule has 0 fully saturated rings. The topological polar surface area (TPSA) is 92.2 Å². The molecule has 1 aromatic heterocycles. The van der Waals surface area contributed by atoms with E-state index in [9.17, 15) is 9.59 Å². The first-order chi connectivity index (χ1) is 9.37. The molecule has 7 heteroatoms. The van der Waals surface area contributed by atoms with Gasteiger partial charge in [-0.1, -0.05) is 0 Å². The molecule has 0 unspecified atom stereocenters. The average molecular weight is 340 g/mol. The van der Waals surface area contributed by atoms with Crippen LogP contribution in [0.2, 0.25) is 0 Å². The summed E-state index contributed by atoms with van der Waals surface area (Å²) in [4.78, 5) is 22.8. The molecule has 6 nitrogen and oxygen atoms in total. The number of aromatic nitrogens is 2. The van der Waals surface area contributed by atoms with Gasteiger partial charge in [0.05, 0.1) is 0 Å². The number of nitrogens with zero attached hydrogens (tertiary/aromatic N) is 2. The summed E-state index contributed by atoms with van der Waals surface area (Å²) in [6.45, 7) is 3.53. The molecule has 1 aromatic carbocycles. The zero-order valence-electron chi connectivity index (χ0n) is 11.2. The molecule has 0 saturated carbocycles. The quantitative estimate of drug-likeness (QED) is 0.805. The molecule has 0 radical (unpaired) electrons. The van der Waals surface area contributed by atoms with Crippen molar-refractivity contribution in [3.63, 3.8) is 0 Å². The summed E-state index contributed by atoms with van der Waals surface area (Å²) < 4.78 is 8.53. The maximum atomic E-state index is 12.0. The van der Waals surface area contributed by atoms with Crippen molar-refractivity contribution in [2.45, 2.75) is 26.7 Å². The molecular formula is C13H15N3O3Se. The Kier molecular flexibility index (Phi) is 4.20. The molecule has 0 spiro atoms. The molecule has 1 heterocycles. The van der Waals surface area contributed by atoms with Crippen LogP contribution in [0, 0.1) is 5.41 Å². The fourth-order valence-corrected chi connectivity index (χ4v) is 3.16. The van der Waals surface area contributed by atoms with Crippen LogP contribution in [0.4, 0.5) is 5.69 Å². The number of hydrogen-bond donors (Lipinski definition) is 2. The van der Waals surface area contributed by atoms with Crippen LogP contribution in [0.15, 0.2) is 18.2 Å². The molecular weight excluding hydrogens is 325 g/mol. The van der Waals surface area contributed by atoms with Crippen LogP contribution in [0.1, 0.15) is 26.7 Å². The number of carbonyl (C=O) groups excluding carboxylic acids is 1. The van der Waals surface area contributed by atoms with E-state index < -0.39 is 11.4 Å². The third kappa shape index (κ3) is 3.65. The SMILES string of the molecule is CC(C)(CC(=O)O)CC(=O)Nc1cccc2n[se]nc12. The van der Waals surface area contributed by atoms with E-state index >= 15 is 0 Å². The number of carboxylic acids is 1. The summed E-state index contributed by atoms with van der Waals surface area (Å²) in [5.74, 6) is -1.11. The number of rotatable bonds is 5. The van der Waals surface area contributed by atoms with Crippen molar-refractivity contribution < 1.29 is 14.7 Å². The Morgan fingerprint density at radius 3 is 2.75 bits per heavy atom. The average Bonchev–Trinajstić information content (AvgIpc) is 2.74. The van der Waals surface area contributed by atoms with Crippen LogP contribution in [-0.2, 0) is 9.59 Å². The summed E-state index contributed by atoms with van der Waals surface area (Å²) in [6, 6.07) is 5.45. The van der Waals surface area contributed by atoms with Crippen LogP contribution in [0.5, 0.6) is 0 Å². The van der Waals surface area contributed by atoms with Gasteiger partial charge in [-0.15, -0.1) is 0 Å². The first-order valence-corrected chi connectivity index (χ1v) is 7.63. The van der Waals surface area contributed by atoms with E-state index in [4.69, 9.17) is 5.11 Å². The molecule has 2 rings (SSSR count). The second kappa shape index (κ2) is 5.73. The van der Waals surface area contributed by atoms with Gasteiger partial charge in [0, 0.05) is 0 Å². The normalized spacial score (nSPS) is 11.5. The van der Waals surface area contributed by atoms with Gasteiger partial charge in [0.15, 0.2) is 0 Å². The van der Waals surface area contributed by atoms with Crippen molar-refractivity contribution in [3.8, 4) is 0 Å². The van der Waals surface area contributed by atoms with Crippen molar-refractivity contribution in [2.24, 2.45) is 5.41 Å². The van der Waals surface area contributed by atoms with Crippen molar-refractivity contribution in [2.75, 3.05) is 5.32 Å². The Morgan fingerprint density at radius 1 is 1.30 bits per heavy atom. The van der Waals surface area contributed by atoms with Crippen LogP contribution < -0.4 is 5.32 Å². The second-order valence-electron chi connectivity index (χ2n) is 5.40. The molecule has 106 valence electrons. The molecule has 20 heavy (non-hydrogen) atoms. The van der Waals surface area contributed by atoms with E-state index in [-0.39, 0.29) is 33.7 Å². The minimum atomic E-state index is -0.903. The number of amides is 1. The van der Waals surface area contributed by atoms with Crippen LogP contribution in [-0.4, -0.2) is 39.9 Å². The van der Waals surface area contributed by atoms with E-state index in [0.717, 1.165) is 11.0 Å². The van der Waals surface area contributed by atoms with Crippen molar-refractivity contribution >= 4 is 43.6 Å². The summed E-state index contributed by atoms with van der Waals surface area (Å²) in [5, 5.41) is 11.6. The van der Waals surface area contributed by atoms with Gasteiger partial charge in [-0.3, -0.25) is 0 Å². The first kappa shape index (κ1) is 14.7. The Balaban J connectivity index is 2.08. The fourth-order valence-electron chi connectivity index (χ4n) is 2.01. The van der Waals surface area contributed by atoms with Gasteiger partial charge in [0.25, 0.3) is 0 Å². The molecule has 0 atom stereocenters. The molecule has 0 aliphatic heterocycles. The monoisotopic (exact) mass is 341 g/mol. The summed E-state index contributed by atoms with van der Waals surface area (Å²) in [5.41, 5.74) is 1.57. The van der Waals surface area contributed by atoms with E-state index in [1.54, 1.807) is 19.9 Å². The third-order valence-corrected chi connectivity index (χ3v) is 3.97. The molecule has 0 aliphatic carbocycles. The predicted molar refractivity (Wildman–Crippen MR) is 75.8 cm³/mol. The standard InChI is InChI=1S/C13H15N3O3Se/c1-13(2,7-11(18)19)6-10(17)14-8-4-3-5-9-12(8)16-20-15-9/h3-5H,6-7H2,1-2H3,(H,14,17)(H,18,19). The zero-order chi connectivity index (χ0) is 14.8. The van der Waals surface area contributed by atoms with Gasteiger partial charge in [-0.05, 0) is 0 Å². The molecule has 0 saturated heterocycles. The molecule has 0 aliphatic rings. The van der Waals surface area contributed by atoms with Gasteiger partial charge < -0.3 is 0 Å². The Morgan fingerprint density at radius 2 is 2.05 bits per heavy atom. The number of hydrogen-bond acceptors (Lipinski definition) is 4. The molecule has 2 aromatic rings. The fraction of sp³-hybridized carbons (Fsp3) is 0.385. The Hall–Kier alpha value is -1.72. The second-order valence-corrected chi connectivity index (χ2v) is 6.51. The predicted octanol–water partition coefficient (Wildman–Crippen LogP) is 1.52. The number of aliphatic carboxylic acids is 1. The molecule has 2 N–H and O–H groups in total. The first-order valence-electron chi connectivity index (χ1n) is 6.10. The van der Waals surface area contributed by atoms with Gasteiger partial charge in [-0.25, -0.2) is 0 Å². The van der Waals surface area contributed by atoms with Gasteiger partial charge in [-0.2, -0.15) is 0 Å². The van der Waals surface area contributed by atoms with Crippen molar-refractivity contribution in [1.82, 2.24) is 7.96 Å². The van der Waals surface area contributed by atoms with Crippen LogP contribution in [0.25, 0.3) is 11.0 Å². The van der Waals surface area contributed by atoms with Crippen LogP contribution in [0.3, 0.4) is 0 Å². The number of carbonyl (C=O) groups is 2. The third-order valence-electron chi connectivity index (χ3n) is 2.83. The maximum absolute atomic E-state index is 12.0. The van der Waals surface area contributed by atoms with E-state index in [2.05, 4.69) is 13.3 Å². The number of anilines is 1. The van der Waals surface area contributed by atoms with E-state index in [1.165, 1.54) is 0 Å². The van der Waals surface area contributed by atoms with E-state index in [1.807, 2.05) is 12.1 Å². The molecule has 0 bridgehead atoms. The van der Waals surface area contributed by atoms with Crippen molar-refractivity contribution in [1.29, 1.82) is 0 Å². The van der Waals surface area contributed by atoms with Gasteiger partial charge in [0.2, 0.25) is 0 Å². The zero-order valence-corrected chi connectivity index (χ0v) is 12.9. The van der Waals surface area contributed by atoms with Crippen LogP contribution >= 0.6 is 0 Å². The summed E-state index contributed by atoms with van der Waals surface area (Å²) in [6.07, 6.45) is 0.0986. The number of fused-ring (bicyclic) bond motifs is 1. The van der Waals surface area contributed by atoms with Crippen molar-refractivity contribution in [3.05, 3.63) is 18.2 Å². The Labute approximate surface area is 122 Å². The van der Waals surface area contributed by atoms with Gasteiger partial charge in [0.1, 0.15) is 0 Å². The van der Waals surface area contributed by atoms with Gasteiger partial charge >= 0.3 is 122 Å². The van der Waals surface area contributed by atoms with E-state index in [0.29, 0.717) is 5.69 Å². The number of carboxylic acid groups (broad SMARTS) is 1. The summed E-state index contributed by atoms with van der Waals surface area (Å²) >= 11 is -0.147. The Bertz CT molecular complexity index is 651. The number of benzene rings is 1. The summed E-state index contributed by atoms with van der Waals surface area (Å²) in [7, 11) is 0. The number of nitrogens with one attached hydrogen (secondary N) is 1. The minimum absolute atomic E-state index is 0.0455.